The second-order valence-electron chi connectivity index (χ2n) is 6.37. The van der Waals surface area contributed by atoms with Crippen LogP contribution in [0.1, 0.15) is 35.3 Å². The number of nitro benzene ring substituents is 1. The van der Waals surface area contributed by atoms with Crippen molar-refractivity contribution in [3.05, 3.63) is 69.0 Å². The van der Waals surface area contributed by atoms with E-state index >= 15 is 0 Å². The predicted molar refractivity (Wildman–Crippen MR) is 104 cm³/mol. The van der Waals surface area contributed by atoms with Gasteiger partial charge >= 0.3 is 5.97 Å². The second kappa shape index (κ2) is 8.14. The zero-order valence-corrected chi connectivity index (χ0v) is 16.1. The van der Waals surface area contributed by atoms with Crippen molar-refractivity contribution in [3.63, 3.8) is 0 Å². The van der Waals surface area contributed by atoms with Crippen molar-refractivity contribution in [3.8, 4) is 11.5 Å². The summed E-state index contributed by atoms with van der Waals surface area (Å²) in [6.45, 7) is 5.25. The summed E-state index contributed by atoms with van der Waals surface area (Å²) in [6, 6.07) is 9.06. The number of ether oxygens (including phenoxy) is 3. The largest absolute Gasteiger partial charge is 0.479 e. The molecule has 0 saturated carbocycles. The minimum absolute atomic E-state index is 0.0548. The van der Waals surface area contributed by atoms with Crippen LogP contribution >= 0.6 is 0 Å². The lowest BCUT2D eigenvalue weighted by molar-refractivity contribution is -0.384. The van der Waals surface area contributed by atoms with Gasteiger partial charge in [-0.05, 0) is 44.5 Å². The highest BCUT2D eigenvalue weighted by Crippen LogP contribution is 2.39. The first kappa shape index (κ1) is 20.1. The number of carbonyl (C=O) groups is 2. The number of carbonyl (C=O) groups excluding carboxylic acids is 2. The van der Waals surface area contributed by atoms with Crippen LogP contribution in [0.15, 0.2) is 42.2 Å². The van der Waals surface area contributed by atoms with E-state index in [1.54, 1.807) is 39.0 Å². The maximum atomic E-state index is 12.7. The molecule has 1 atom stereocenters. The van der Waals surface area contributed by atoms with Gasteiger partial charge in [0, 0.05) is 17.7 Å². The Kier molecular flexibility index (Phi) is 5.63. The lowest BCUT2D eigenvalue weighted by Gasteiger charge is -2.16. The van der Waals surface area contributed by atoms with E-state index in [4.69, 9.17) is 14.2 Å². The fourth-order valence-electron chi connectivity index (χ4n) is 2.87. The Morgan fingerprint density at radius 2 is 2.07 bits per heavy atom. The van der Waals surface area contributed by atoms with Crippen LogP contribution < -0.4 is 9.47 Å². The van der Waals surface area contributed by atoms with E-state index < -0.39 is 17.0 Å². The average Bonchev–Trinajstić information content (AvgIpc) is 3.01. The van der Waals surface area contributed by atoms with E-state index in [2.05, 4.69) is 0 Å². The third-order valence-electron chi connectivity index (χ3n) is 4.34. The number of nitrogens with zero attached hydrogens (tertiary/aromatic N) is 1. The summed E-state index contributed by atoms with van der Waals surface area (Å²) in [7, 11) is 0. The first-order chi connectivity index (χ1) is 13.8. The summed E-state index contributed by atoms with van der Waals surface area (Å²) in [6.07, 6.45) is 0.639. The van der Waals surface area contributed by atoms with Crippen LogP contribution in [-0.2, 0) is 9.53 Å². The molecule has 8 nitrogen and oxygen atoms in total. The summed E-state index contributed by atoms with van der Waals surface area (Å²) in [5.74, 6) is -0.0385. The van der Waals surface area contributed by atoms with Crippen LogP contribution in [0.4, 0.5) is 5.69 Å². The van der Waals surface area contributed by atoms with Gasteiger partial charge in [-0.3, -0.25) is 14.9 Å². The molecule has 1 heterocycles. The third-order valence-corrected chi connectivity index (χ3v) is 4.34. The summed E-state index contributed by atoms with van der Waals surface area (Å²) in [4.78, 5) is 34.9. The number of fused-ring (bicyclic) bond motifs is 1. The molecule has 0 aromatic heterocycles. The number of hydrogen-bond acceptors (Lipinski definition) is 7. The molecular formula is C21H19NO7. The molecule has 0 N–H and O–H groups in total. The standard InChI is InChI=1S/C21H19NO7/c1-4-27-21(24)13(3)28-17-9-8-16-19(23)18(29-20(16)12(17)2)11-14-6-5-7-15(10-14)22(25)26/h5-11,13H,4H2,1-3H3/b18-11-. The van der Waals surface area contributed by atoms with E-state index in [0.717, 1.165) is 0 Å². The van der Waals surface area contributed by atoms with Crippen LogP contribution in [0.2, 0.25) is 0 Å². The molecule has 0 bridgehead atoms. The van der Waals surface area contributed by atoms with Gasteiger partial charge in [0.2, 0.25) is 5.78 Å². The third kappa shape index (κ3) is 4.11. The molecule has 150 valence electrons. The molecule has 1 unspecified atom stereocenters. The minimum Gasteiger partial charge on any atom is -0.479 e. The average molecular weight is 397 g/mol. The molecule has 8 heteroatoms. The fraction of sp³-hybridized carbons (Fsp3) is 0.238. The molecule has 1 aliphatic rings. The van der Waals surface area contributed by atoms with Gasteiger partial charge in [-0.2, -0.15) is 0 Å². The minimum atomic E-state index is -0.816. The lowest BCUT2D eigenvalue weighted by atomic mass is 10.1. The molecule has 0 amide bonds. The quantitative estimate of drug-likeness (QED) is 0.315. The van der Waals surface area contributed by atoms with E-state index in [0.29, 0.717) is 28.2 Å². The highest BCUT2D eigenvalue weighted by molar-refractivity contribution is 6.15. The molecule has 0 saturated heterocycles. The molecule has 0 radical (unpaired) electrons. The Balaban J connectivity index is 1.87. The molecule has 2 aromatic rings. The van der Waals surface area contributed by atoms with Crippen molar-refractivity contribution >= 4 is 23.5 Å². The molecule has 1 aliphatic heterocycles. The molecule has 3 rings (SSSR count). The van der Waals surface area contributed by atoms with E-state index in [-0.39, 0.29) is 23.8 Å². The van der Waals surface area contributed by atoms with Crippen LogP contribution in [0.25, 0.3) is 6.08 Å². The smallest absolute Gasteiger partial charge is 0.347 e. The predicted octanol–water partition coefficient (Wildman–Crippen LogP) is 3.85. The van der Waals surface area contributed by atoms with Crippen molar-refractivity contribution in [1.82, 2.24) is 0 Å². The number of esters is 1. The maximum Gasteiger partial charge on any atom is 0.347 e. The number of nitro groups is 1. The van der Waals surface area contributed by atoms with E-state index in [1.807, 2.05) is 0 Å². The molecule has 29 heavy (non-hydrogen) atoms. The number of ketones is 1. The van der Waals surface area contributed by atoms with Gasteiger partial charge in [0.1, 0.15) is 11.5 Å². The fourth-order valence-corrected chi connectivity index (χ4v) is 2.87. The van der Waals surface area contributed by atoms with Gasteiger partial charge in [0.15, 0.2) is 11.9 Å². The maximum absolute atomic E-state index is 12.7. The number of allylic oxidation sites excluding steroid dienone is 1. The zero-order valence-electron chi connectivity index (χ0n) is 16.1. The van der Waals surface area contributed by atoms with Gasteiger partial charge in [0.25, 0.3) is 5.69 Å². The first-order valence-corrected chi connectivity index (χ1v) is 8.97. The van der Waals surface area contributed by atoms with Crippen LogP contribution in [0.3, 0.4) is 0 Å². The molecule has 0 fully saturated rings. The zero-order chi connectivity index (χ0) is 21.1. The van der Waals surface area contributed by atoms with Crippen molar-refractivity contribution in [2.24, 2.45) is 0 Å². The molecule has 2 aromatic carbocycles. The second-order valence-corrected chi connectivity index (χ2v) is 6.37. The summed E-state index contributed by atoms with van der Waals surface area (Å²) < 4.78 is 16.3. The monoisotopic (exact) mass is 397 g/mol. The van der Waals surface area contributed by atoms with Gasteiger partial charge in [0.05, 0.1) is 17.1 Å². The number of rotatable bonds is 6. The van der Waals surface area contributed by atoms with Crippen molar-refractivity contribution in [2.75, 3.05) is 6.61 Å². The van der Waals surface area contributed by atoms with Crippen molar-refractivity contribution in [1.29, 1.82) is 0 Å². The molecule has 0 aliphatic carbocycles. The first-order valence-electron chi connectivity index (χ1n) is 8.97. The number of benzene rings is 2. The number of hydrogen-bond donors (Lipinski definition) is 0. The van der Waals surface area contributed by atoms with Crippen molar-refractivity contribution in [2.45, 2.75) is 26.9 Å². The Bertz CT molecular complexity index is 1030. The normalized spacial score (nSPS) is 14.9. The highest BCUT2D eigenvalue weighted by Gasteiger charge is 2.31. The van der Waals surface area contributed by atoms with Gasteiger partial charge < -0.3 is 14.2 Å². The SMILES string of the molecule is CCOC(=O)C(C)Oc1ccc2c(c1C)O/C(=C\c1cccc([N+](=O)[O-])c1)C2=O. The van der Waals surface area contributed by atoms with Crippen LogP contribution in [0, 0.1) is 17.0 Å². The Labute approximate surface area is 166 Å². The Morgan fingerprint density at radius 1 is 1.31 bits per heavy atom. The summed E-state index contributed by atoms with van der Waals surface area (Å²) in [5.41, 5.74) is 1.31. The number of non-ortho nitro benzene ring substituents is 1. The molecule has 0 spiro atoms. The van der Waals surface area contributed by atoms with Gasteiger partial charge in [-0.25, -0.2) is 4.79 Å². The molecular weight excluding hydrogens is 378 g/mol. The highest BCUT2D eigenvalue weighted by atomic mass is 16.6. The van der Waals surface area contributed by atoms with E-state index in [1.165, 1.54) is 24.3 Å². The Hall–Kier alpha value is -3.68. The summed E-state index contributed by atoms with van der Waals surface area (Å²) in [5, 5.41) is 10.9. The van der Waals surface area contributed by atoms with Crippen LogP contribution in [-0.4, -0.2) is 29.4 Å². The topological polar surface area (TPSA) is 105 Å². The van der Waals surface area contributed by atoms with Crippen LogP contribution in [0.5, 0.6) is 11.5 Å². The van der Waals surface area contributed by atoms with Crippen molar-refractivity contribution < 1.29 is 28.7 Å². The number of Topliss-reactive ketones (excluding diaryl/α,β-unsaturated/α-hetero) is 1. The Morgan fingerprint density at radius 3 is 2.76 bits per heavy atom. The van der Waals surface area contributed by atoms with Gasteiger partial charge in [-0.1, -0.05) is 12.1 Å². The van der Waals surface area contributed by atoms with E-state index in [9.17, 15) is 19.7 Å². The summed E-state index contributed by atoms with van der Waals surface area (Å²) >= 11 is 0. The van der Waals surface area contributed by atoms with Gasteiger partial charge in [-0.15, -0.1) is 0 Å². The lowest BCUT2D eigenvalue weighted by Crippen LogP contribution is -2.26.